The molecule has 1 aromatic carbocycles. The molecule has 4 nitrogen and oxygen atoms in total. The van der Waals surface area contributed by atoms with E-state index in [1.54, 1.807) is 0 Å². The lowest BCUT2D eigenvalue weighted by Crippen LogP contribution is -2.41. The summed E-state index contributed by atoms with van der Waals surface area (Å²) in [5, 5.41) is 8.86. The van der Waals surface area contributed by atoms with Gasteiger partial charge in [0.05, 0.1) is 5.75 Å². The molecule has 1 unspecified atom stereocenters. The minimum Gasteiger partial charge on any atom is -0.480 e. The highest BCUT2D eigenvalue weighted by Gasteiger charge is 2.21. The highest BCUT2D eigenvalue weighted by Crippen LogP contribution is 2.25. The van der Waals surface area contributed by atoms with Crippen LogP contribution in [0, 0.1) is 6.92 Å². The Kier molecular flexibility index (Phi) is 5.87. The molecule has 0 fully saturated rings. The molecule has 1 amide bonds. The van der Waals surface area contributed by atoms with Crippen molar-refractivity contribution in [1.82, 2.24) is 4.90 Å². The zero-order valence-electron chi connectivity index (χ0n) is 11.0. The van der Waals surface area contributed by atoms with Crippen molar-refractivity contribution < 1.29 is 14.7 Å². The van der Waals surface area contributed by atoms with Gasteiger partial charge in [-0.1, -0.05) is 15.9 Å². The SMILES string of the molecule is Cc1cc(Br)ccc1SCC(=O)N(C)C(C)C(=O)O. The largest absolute Gasteiger partial charge is 0.480 e. The third-order valence-electron chi connectivity index (χ3n) is 2.82. The van der Waals surface area contributed by atoms with E-state index < -0.39 is 12.0 Å². The first kappa shape index (κ1) is 16.0. The Morgan fingerprint density at radius 2 is 2.11 bits per heavy atom. The summed E-state index contributed by atoms with van der Waals surface area (Å²) in [6.45, 7) is 3.47. The molecule has 0 saturated heterocycles. The van der Waals surface area contributed by atoms with Crippen molar-refractivity contribution in [1.29, 1.82) is 0 Å². The average molecular weight is 346 g/mol. The quantitative estimate of drug-likeness (QED) is 0.833. The number of halogens is 1. The van der Waals surface area contributed by atoms with Crippen molar-refractivity contribution in [2.45, 2.75) is 24.8 Å². The van der Waals surface area contributed by atoms with E-state index in [4.69, 9.17) is 5.11 Å². The van der Waals surface area contributed by atoms with Crippen LogP contribution in [0.5, 0.6) is 0 Å². The van der Waals surface area contributed by atoms with E-state index in [1.807, 2.05) is 25.1 Å². The van der Waals surface area contributed by atoms with Gasteiger partial charge in [-0.05, 0) is 37.6 Å². The summed E-state index contributed by atoms with van der Waals surface area (Å²) < 4.78 is 0.997. The Labute approximate surface area is 125 Å². The van der Waals surface area contributed by atoms with Crippen LogP contribution in [0.1, 0.15) is 12.5 Å². The van der Waals surface area contributed by atoms with E-state index in [0.717, 1.165) is 14.9 Å². The van der Waals surface area contributed by atoms with E-state index in [9.17, 15) is 9.59 Å². The molecule has 1 aromatic rings. The molecule has 0 aliphatic heterocycles. The minimum atomic E-state index is -0.999. The van der Waals surface area contributed by atoms with Crippen LogP contribution in [0.3, 0.4) is 0 Å². The number of carboxylic acid groups (broad SMARTS) is 1. The number of hydrogen-bond acceptors (Lipinski definition) is 3. The minimum absolute atomic E-state index is 0.192. The van der Waals surface area contributed by atoms with Gasteiger partial charge in [-0.25, -0.2) is 4.79 Å². The fraction of sp³-hybridized carbons (Fsp3) is 0.385. The van der Waals surface area contributed by atoms with Gasteiger partial charge in [-0.3, -0.25) is 4.79 Å². The number of carbonyl (C=O) groups excluding carboxylic acids is 1. The molecule has 0 aliphatic rings. The molecule has 0 spiro atoms. The molecule has 6 heteroatoms. The standard InChI is InChI=1S/C13H16BrNO3S/c1-8-6-10(14)4-5-11(8)19-7-12(16)15(3)9(2)13(17)18/h4-6,9H,7H2,1-3H3,(H,17,18). The molecule has 1 N–H and O–H groups in total. The van der Waals surface area contributed by atoms with Gasteiger partial charge in [0.2, 0.25) is 5.91 Å². The number of benzene rings is 1. The monoisotopic (exact) mass is 345 g/mol. The van der Waals surface area contributed by atoms with Crippen molar-refractivity contribution in [3.8, 4) is 0 Å². The average Bonchev–Trinajstić information content (AvgIpc) is 2.35. The number of aliphatic carboxylic acids is 1. The Morgan fingerprint density at radius 1 is 1.47 bits per heavy atom. The Morgan fingerprint density at radius 3 is 2.63 bits per heavy atom. The van der Waals surface area contributed by atoms with Crippen molar-refractivity contribution >= 4 is 39.6 Å². The van der Waals surface area contributed by atoms with Gasteiger partial charge in [-0.15, -0.1) is 11.8 Å². The summed E-state index contributed by atoms with van der Waals surface area (Å²) in [5.41, 5.74) is 1.08. The molecule has 0 bridgehead atoms. The van der Waals surface area contributed by atoms with E-state index >= 15 is 0 Å². The maximum absolute atomic E-state index is 11.9. The maximum Gasteiger partial charge on any atom is 0.326 e. The Bertz CT molecular complexity index is 493. The third kappa shape index (κ3) is 4.54. The van der Waals surface area contributed by atoms with E-state index in [1.165, 1.54) is 30.6 Å². The molecular weight excluding hydrogens is 330 g/mol. The van der Waals surface area contributed by atoms with Crippen LogP contribution in [-0.4, -0.2) is 40.7 Å². The molecule has 19 heavy (non-hydrogen) atoms. The fourth-order valence-electron chi connectivity index (χ4n) is 1.40. The molecule has 1 atom stereocenters. The number of carbonyl (C=O) groups is 2. The predicted molar refractivity (Wildman–Crippen MR) is 79.5 cm³/mol. The molecule has 0 heterocycles. The second-order valence-corrected chi connectivity index (χ2v) is 6.15. The first-order valence-corrected chi connectivity index (χ1v) is 7.48. The third-order valence-corrected chi connectivity index (χ3v) is 4.47. The Balaban J connectivity index is 2.61. The number of carboxylic acids is 1. The number of thioether (sulfide) groups is 1. The lowest BCUT2D eigenvalue weighted by atomic mass is 10.2. The molecule has 0 aliphatic carbocycles. The number of nitrogens with zero attached hydrogens (tertiary/aromatic N) is 1. The van der Waals surface area contributed by atoms with Crippen LogP contribution in [0.15, 0.2) is 27.6 Å². The molecular formula is C13H16BrNO3S. The van der Waals surface area contributed by atoms with Crippen molar-refractivity contribution in [2.75, 3.05) is 12.8 Å². The van der Waals surface area contributed by atoms with Crippen molar-refractivity contribution in [2.24, 2.45) is 0 Å². The second-order valence-electron chi connectivity index (χ2n) is 4.22. The summed E-state index contributed by atoms with van der Waals surface area (Å²) in [4.78, 5) is 25.0. The van der Waals surface area contributed by atoms with Crippen LogP contribution >= 0.6 is 27.7 Å². The predicted octanol–water partition coefficient (Wildman–Crippen LogP) is 2.78. The lowest BCUT2D eigenvalue weighted by Gasteiger charge is -2.21. The van der Waals surface area contributed by atoms with Gasteiger partial charge in [0, 0.05) is 16.4 Å². The second kappa shape index (κ2) is 6.96. The van der Waals surface area contributed by atoms with Crippen LogP contribution in [0.25, 0.3) is 0 Å². The van der Waals surface area contributed by atoms with Crippen molar-refractivity contribution in [3.63, 3.8) is 0 Å². The first-order chi connectivity index (χ1) is 8.82. The lowest BCUT2D eigenvalue weighted by molar-refractivity contribution is -0.147. The summed E-state index contributed by atoms with van der Waals surface area (Å²) in [5.74, 6) is -0.959. The molecule has 1 rings (SSSR count). The zero-order chi connectivity index (χ0) is 14.6. The number of hydrogen-bond donors (Lipinski definition) is 1. The van der Waals surface area contributed by atoms with Gasteiger partial charge in [0.25, 0.3) is 0 Å². The maximum atomic E-state index is 11.9. The fourth-order valence-corrected chi connectivity index (χ4v) is 2.81. The highest BCUT2D eigenvalue weighted by atomic mass is 79.9. The number of amides is 1. The summed E-state index contributed by atoms with van der Waals surface area (Å²) >= 11 is 4.80. The van der Waals surface area contributed by atoms with Gasteiger partial charge < -0.3 is 10.0 Å². The number of rotatable bonds is 5. The van der Waals surface area contributed by atoms with E-state index in [0.29, 0.717) is 0 Å². The Hall–Kier alpha value is -1.01. The summed E-state index contributed by atoms with van der Waals surface area (Å²) in [6, 6.07) is 5.04. The normalized spacial score (nSPS) is 12.0. The van der Waals surface area contributed by atoms with Crippen LogP contribution in [-0.2, 0) is 9.59 Å². The number of aryl methyl sites for hydroxylation is 1. The van der Waals surface area contributed by atoms with Gasteiger partial charge in [0.15, 0.2) is 0 Å². The van der Waals surface area contributed by atoms with Gasteiger partial charge in [-0.2, -0.15) is 0 Å². The van der Waals surface area contributed by atoms with Crippen molar-refractivity contribution in [3.05, 3.63) is 28.2 Å². The highest BCUT2D eigenvalue weighted by molar-refractivity contribution is 9.10. The van der Waals surface area contributed by atoms with E-state index in [-0.39, 0.29) is 11.7 Å². The van der Waals surface area contributed by atoms with Crippen LogP contribution in [0.2, 0.25) is 0 Å². The molecule has 0 saturated carbocycles. The molecule has 0 aromatic heterocycles. The molecule has 104 valence electrons. The topological polar surface area (TPSA) is 57.6 Å². The zero-order valence-corrected chi connectivity index (χ0v) is 13.4. The summed E-state index contributed by atoms with van der Waals surface area (Å²) in [6.07, 6.45) is 0. The first-order valence-electron chi connectivity index (χ1n) is 5.70. The van der Waals surface area contributed by atoms with Crippen LogP contribution in [0.4, 0.5) is 0 Å². The number of likely N-dealkylation sites (N-methyl/N-ethyl adjacent to an activating group) is 1. The summed E-state index contributed by atoms with van der Waals surface area (Å²) in [7, 11) is 1.51. The van der Waals surface area contributed by atoms with Gasteiger partial charge >= 0.3 is 5.97 Å². The molecule has 0 radical (unpaired) electrons. The van der Waals surface area contributed by atoms with Crippen LogP contribution < -0.4 is 0 Å². The smallest absolute Gasteiger partial charge is 0.326 e. The van der Waals surface area contributed by atoms with Gasteiger partial charge in [0.1, 0.15) is 6.04 Å². The van der Waals surface area contributed by atoms with E-state index in [2.05, 4.69) is 15.9 Å².